The Bertz CT molecular complexity index is 687. The van der Waals surface area contributed by atoms with Crippen LogP contribution in [-0.2, 0) is 0 Å². The van der Waals surface area contributed by atoms with Crippen molar-refractivity contribution < 1.29 is 4.79 Å². The third-order valence-corrected chi connectivity index (χ3v) is 3.85. The molecule has 3 aromatic rings. The molecule has 8 heteroatoms. The van der Waals surface area contributed by atoms with Gasteiger partial charge in [-0.2, -0.15) is 0 Å². The van der Waals surface area contributed by atoms with Gasteiger partial charge in [-0.15, -0.1) is 10.2 Å². The van der Waals surface area contributed by atoms with Gasteiger partial charge in [-0.05, 0) is 12.1 Å². The molecule has 0 fully saturated rings. The molecule has 2 aromatic heterocycles. The average Bonchev–Trinajstić information content (AvgIpc) is 2.94. The van der Waals surface area contributed by atoms with Crippen LogP contribution in [0.15, 0.2) is 24.3 Å². The van der Waals surface area contributed by atoms with Crippen molar-refractivity contribution in [1.29, 1.82) is 0 Å². The third kappa shape index (κ3) is 2.03. The van der Waals surface area contributed by atoms with Gasteiger partial charge in [0.15, 0.2) is 5.13 Å². The number of rotatable bonds is 2. The van der Waals surface area contributed by atoms with Crippen molar-refractivity contribution in [2.75, 3.05) is 11.1 Å². The summed E-state index contributed by atoms with van der Waals surface area (Å²) < 4.78 is 1.02. The van der Waals surface area contributed by atoms with Crippen LogP contribution in [0.2, 0.25) is 0 Å². The van der Waals surface area contributed by atoms with Crippen molar-refractivity contribution in [3.8, 4) is 0 Å². The van der Waals surface area contributed by atoms with E-state index in [2.05, 4.69) is 20.5 Å². The molecule has 90 valence electrons. The van der Waals surface area contributed by atoms with E-state index in [1.165, 1.54) is 11.3 Å². The van der Waals surface area contributed by atoms with Gasteiger partial charge >= 0.3 is 0 Å². The molecule has 1 amide bonds. The highest BCUT2D eigenvalue weighted by molar-refractivity contribution is 7.22. The minimum absolute atomic E-state index is 0.228. The fraction of sp³-hybridized carbons (Fsp3) is 0. The van der Waals surface area contributed by atoms with E-state index in [1.807, 2.05) is 24.3 Å². The number of nitrogens with two attached hydrogens (primary N) is 1. The molecule has 18 heavy (non-hydrogen) atoms. The van der Waals surface area contributed by atoms with E-state index in [9.17, 15) is 4.79 Å². The first-order chi connectivity index (χ1) is 8.72. The van der Waals surface area contributed by atoms with Crippen LogP contribution >= 0.6 is 22.7 Å². The second-order valence-electron chi connectivity index (χ2n) is 3.39. The van der Waals surface area contributed by atoms with E-state index >= 15 is 0 Å². The van der Waals surface area contributed by atoms with Crippen LogP contribution in [0, 0.1) is 0 Å². The third-order valence-electron chi connectivity index (χ3n) is 2.15. The van der Waals surface area contributed by atoms with Crippen LogP contribution in [0.3, 0.4) is 0 Å². The zero-order chi connectivity index (χ0) is 12.5. The molecule has 0 radical (unpaired) electrons. The molecular weight excluding hydrogens is 270 g/mol. The van der Waals surface area contributed by atoms with Crippen LogP contribution in [0.4, 0.5) is 10.3 Å². The quantitative estimate of drug-likeness (QED) is 0.747. The first-order valence-corrected chi connectivity index (χ1v) is 6.61. The lowest BCUT2D eigenvalue weighted by atomic mass is 10.3. The standard InChI is InChI=1S/C10H7N5OS2/c11-9-15-14-8(18-9)7(16)13-10-12-5-3-1-2-4-6(5)17-10/h1-4H,(H2,11,15)(H,12,13,16). The van der Waals surface area contributed by atoms with Gasteiger partial charge in [0.2, 0.25) is 10.1 Å². The van der Waals surface area contributed by atoms with E-state index in [1.54, 1.807) is 0 Å². The molecule has 0 saturated carbocycles. The Morgan fingerprint density at radius 2 is 2.06 bits per heavy atom. The number of amides is 1. The molecule has 2 heterocycles. The predicted octanol–water partition coefficient (Wildman–Crippen LogP) is 1.98. The SMILES string of the molecule is Nc1nnc(C(=O)Nc2nc3ccccc3s2)s1. The molecular formula is C10H7N5OS2. The monoisotopic (exact) mass is 277 g/mol. The van der Waals surface area contributed by atoms with Crippen molar-refractivity contribution >= 4 is 49.1 Å². The maximum atomic E-state index is 11.8. The second-order valence-corrected chi connectivity index (χ2v) is 5.43. The van der Waals surface area contributed by atoms with Gasteiger partial charge in [-0.25, -0.2) is 4.98 Å². The molecule has 0 bridgehead atoms. The summed E-state index contributed by atoms with van der Waals surface area (Å²) in [5.74, 6) is -0.344. The second kappa shape index (κ2) is 4.31. The minimum atomic E-state index is -0.344. The Morgan fingerprint density at radius 3 is 2.78 bits per heavy atom. The number of hydrogen-bond donors (Lipinski definition) is 2. The lowest BCUT2D eigenvalue weighted by Crippen LogP contribution is -2.11. The Kier molecular flexibility index (Phi) is 2.65. The van der Waals surface area contributed by atoms with Crippen LogP contribution in [0.1, 0.15) is 9.80 Å². The highest BCUT2D eigenvalue weighted by Gasteiger charge is 2.13. The zero-order valence-electron chi connectivity index (χ0n) is 8.95. The number of thiazole rings is 1. The van der Waals surface area contributed by atoms with Crippen LogP contribution < -0.4 is 11.1 Å². The van der Waals surface area contributed by atoms with E-state index in [-0.39, 0.29) is 16.0 Å². The molecule has 0 spiro atoms. The largest absolute Gasteiger partial charge is 0.374 e. The van der Waals surface area contributed by atoms with Crippen LogP contribution in [0.25, 0.3) is 10.2 Å². The van der Waals surface area contributed by atoms with Crippen molar-refractivity contribution in [1.82, 2.24) is 15.2 Å². The van der Waals surface area contributed by atoms with Gasteiger partial charge in [0, 0.05) is 0 Å². The number of nitrogens with zero attached hydrogens (tertiary/aromatic N) is 3. The lowest BCUT2D eigenvalue weighted by Gasteiger charge is -1.95. The highest BCUT2D eigenvalue weighted by Crippen LogP contribution is 2.26. The Labute approximate surface area is 109 Å². The van der Waals surface area contributed by atoms with Gasteiger partial charge in [0.05, 0.1) is 10.2 Å². The number of fused-ring (bicyclic) bond motifs is 1. The fourth-order valence-corrected chi connectivity index (χ4v) is 2.77. The van der Waals surface area contributed by atoms with E-state index in [4.69, 9.17) is 5.73 Å². The number of nitrogens with one attached hydrogen (secondary N) is 1. The van der Waals surface area contributed by atoms with E-state index in [0.717, 1.165) is 21.6 Å². The summed E-state index contributed by atoms with van der Waals surface area (Å²) in [6, 6.07) is 7.67. The summed E-state index contributed by atoms with van der Waals surface area (Å²) in [7, 11) is 0. The number of carbonyl (C=O) groups is 1. The number of anilines is 2. The van der Waals surface area contributed by atoms with Gasteiger partial charge in [0.1, 0.15) is 0 Å². The Hall–Kier alpha value is -2.06. The minimum Gasteiger partial charge on any atom is -0.374 e. The number of benzene rings is 1. The molecule has 1 aromatic carbocycles. The van der Waals surface area contributed by atoms with Crippen LogP contribution in [0.5, 0.6) is 0 Å². The molecule has 0 aliphatic rings. The van der Waals surface area contributed by atoms with Gasteiger partial charge in [0.25, 0.3) is 5.91 Å². The van der Waals surface area contributed by atoms with Gasteiger partial charge in [-0.3, -0.25) is 10.1 Å². The smallest absolute Gasteiger partial charge is 0.288 e. The molecule has 0 saturated heterocycles. The summed E-state index contributed by atoms with van der Waals surface area (Å²) >= 11 is 2.45. The summed E-state index contributed by atoms with van der Waals surface area (Å²) in [4.78, 5) is 16.1. The van der Waals surface area contributed by atoms with E-state index < -0.39 is 0 Å². The van der Waals surface area contributed by atoms with Crippen molar-refractivity contribution in [2.24, 2.45) is 0 Å². The first kappa shape index (κ1) is 11.1. The number of carbonyl (C=O) groups excluding carboxylic acids is 1. The van der Waals surface area contributed by atoms with Crippen molar-refractivity contribution in [3.63, 3.8) is 0 Å². The molecule has 0 aliphatic carbocycles. The molecule has 3 rings (SSSR count). The molecule has 0 atom stereocenters. The Balaban J connectivity index is 1.86. The number of hydrogen-bond acceptors (Lipinski definition) is 7. The summed E-state index contributed by atoms with van der Waals surface area (Å²) in [5.41, 5.74) is 6.28. The normalized spacial score (nSPS) is 10.7. The molecule has 0 aliphatic heterocycles. The molecule has 6 nitrogen and oxygen atoms in total. The molecule has 3 N–H and O–H groups in total. The number of nitrogen functional groups attached to an aromatic ring is 1. The fourth-order valence-electron chi connectivity index (χ4n) is 1.40. The average molecular weight is 277 g/mol. The van der Waals surface area contributed by atoms with Gasteiger partial charge < -0.3 is 5.73 Å². The topological polar surface area (TPSA) is 93.8 Å². The van der Waals surface area contributed by atoms with Crippen molar-refractivity contribution in [3.05, 3.63) is 29.3 Å². The van der Waals surface area contributed by atoms with E-state index in [0.29, 0.717) is 5.13 Å². The maximum Gasteiger partial charge on any atom is 0.288 e. The summed E-state index contributed by atoms with van der Waals surface area (Å²) in [6.07, 6.45) is 0. The Morgan fingerprint density at radius 1 is 1.22 bits per heavy atom. The zero-order valence-corrected chi connectivity index (χ0v) is 10.6. The maximum absolute atomic E-state index is 11.8. The molecule has 0 unspecified atom stereocenters. The number of aromatic nitrogens is 3. The first-order valence-electron chi connectivity index (χ1n) is 4.98. The summed E-state index contributed by atoms with van der Waals surface area (Å²) in [6.45, 7) is 0. The lowest BCUT2D eigenvalue weighted by molar-refractivity contribution is 0.102. The number of para-hydroxylation sites is 1. The summed E-state index contributed by atoms with van der Waals surface area (Å²) in [5, 5.41) is 11.0. The van der Waals surface area contributed by atoms with Crippen LogP contribution in [-0.4, -0.2) is 21.1 Å². The predicted molar refractivity (Wildman–Crippen MR) is 71.9 cm³/mol. The van der Waals surface area contributed by atoms with Gasteiger partial charge in [-0.1, -0.05) is 34.8 Å². The highest BCUT2D eigenvalue weighted by atomic mass is 32.1. The van der Waals surface area contributed by atoms with Crippen molar-refractivity contribution in [2.45, 2.75) is 0 Å².